The SMILES string of the molecule is CCn1ncc2c(NC3CCOCC3)c(C(=O)N(C)Cc3nccn3C)cnc21. The van der Waals surface area contributed by atoms with Crippen LogP contribution >= 0.6 is 0 Å². The lowest BCUT2D eigenvalue weighted by atomic mass is 10.1. The number of hydrogen-bond donors (Lipinski definition) is 1. The zero-order chi connectivity index (χ0) is 20.4. The van der Waals surface area contributed by atoms with Crippen LogP contribution < -0.4 is 5.32 Å². The normalized spacial score (nSPS) is 15.0. The van der Waals surface area contributed by atoms with Gasteiger partial charge < -0.3 is 19.5 Å². The molecule has 0 aromatic carbocycles. The predicted molar refractivity (Wildman–Crippen MR) is 110 cm³/mol. The van der Waals surface area contributed by atoms with Crippen molar-refractivity contribution in [2.45, 2.75) is 38.9 Å². The predicted octanol–water partition coefficient (Wildman–Crippen LogP) is 2.05. The van der Waals surface area contributed by atoms with Crippen LogP contribution in [0.1, 0.15) is 35.9 Å². The molecule has 4 heterocycles. The molecule has 9 nitrogen and oxygen atoms in total. The van der Waals surface area contributed by atoms with Crippen molar-refractivity contribution in [2.75, 3.05) is 25.6 Å². The molecule has 0 aliphatic carbocycles. The molecular formula is C20H27N7O2. The van der Waals surface area contributed by atoms with E-state index in [1.807, 2.05) is 29.4 Å². The third-order valence-corrected chi connectivity index (χ3v) is 5.41. The molecule has 29 heavy (non-hydrogen) atoms. The first-order valence-corrected chi connectivity index (χ1v) is 9.99. The Balaban J connectivity index is 1.69. The number of carbonyl (C=O) groups is 1. The minimum Gasteiger partial charge on any atom is -0.381 e. The molecule has 0 saturated carbocycles. The first kappa shape index (κ1) is 19.4. The highest BCUT2D eigenvalue weighted by atomic mass is 16.5. The Bertz CT molecular complexity index is 1000. The molecular weight excluding hydrogens is 370 g/mol. The molecule has 1 saturated heterocycles. The molecule has 3 aromatic heterocycles. The molecule has 0 atom stereocenters. The van der Waals surface area contributed by atoms with Crippen molar-refractivity contribution in [3.05, 3.63) is 36.2 Å². The lowest BCUT2D eigenvalue weighted by molar-refractivity contribution is 0.0780. The molecule has 154 valence electrons. The summed E-state index contributed by atoms with van der Waals surface area (Å²) >= 11 is 0. The Kier molecular flexibility index (Phi) is 5.48. The zero-order valence-corrected chi connectivity index (χ0v) is 17.1. The van der Waals surface area contributed by atoms with E-state index < -0.39 is 0 Å². The van der Waals surface area contributed by atoms with E-state index in [-0.39, 0.29) is 11.9 Å². The number of pyridine rings is 1. The maximum Gasteiger partial charge on any atom is 0.257 e. The van der Waals surface area contributed by atoms with Crippen LogP contribution in [0.15, 0.2) is 24.8 Å². The molecule has 4 rings (SSSR count). The summed E-state index contributed by atoms with van der Waals surface area (Å²) in [6, 6.07) is 0.255. The number of fused-ring (bicyclic) bond motifs is 1. The van der Waals surface area contributed by atoms with Crippen LogP contribution in [0, 0.1) is 0 Å². The minimum absolute atomic E-state index is 0.0961. The second-order valence-electron chi connectivity index (χ2n) is 7.39. The molecule has 1 N–H and O–H groups in total. The van der Waals surface area contributed by atoms with Gasteiger partial charge in [-0.3, -0.25) is 4.79 Å². The number of nitrogens with one attached hydrogen (secondary N) is 1. The van der Waals surface area contributed by atoms with Gasteiger partial charge in [-0.15, -0.1) is 0 Å². The van der Waals surface area contributed by atoms with Gasteiger partial charge in [0.15, 0.2) is 5.65 Å². The summed E-state index contributed by atoms with van der Waals surface area (Å²) in [5, 5.41) is 8.90. The van der Waals surface area contributed by atoms with Crippen molar-refractivity contribution in [1.29, 1.82) is 0 Å². The van der Waals surface area contributed by atoms with E-state index in [0.717, 1.165) is 55.1 Å². The van der Waals surface area contributed by atoms with E-state index >= 15 is 0 Å². The number of anilines is 1. The van der Waals surface area contributed by atoms with Crippen LogP contribution in [-0.4, -0.2) is 61.4 Å². The lowest BCUT2D eigenvalue weighted by Crippen LogP contribution is -2.31. The van der Waals surface area contributed by atoms with Crippen molar-refractivity contribution in [3.8, 4) is 0 Å². The molecule has 1 fully saturated rings. The van der Waals surface area contributed by atoms with Gasteiger partial charge in [0.05, 0.1) is 29.4 Å². The molecule has 0 spiro atoms. The average Bonchev–Trinajstić information content (AvgIpc) is 3.34. The van der Waals surface area contributed by atoms with E-state index in [9.17, 15) is 4.79 Å². The van der Waals surface area contributed by atoms with Gasteiger partial charge in [-0.1, -0.05) is 0 Å². The van der Waals surface area contributed by atoms with Gasteiger partial charge in [0.25, 0.3) is 5.91 Å². The molecule has 1 amide bonds. The molecule has 9 heteroatoms. The third kappa shape index (κ3) is 3.82. The summed E-state index contributed by atoms with van der Waals surface area (Å²) in [5.74, 6) is 0.730. The number of hydrogen-bond acceptors (Lipinski definition) is 6. The largest absolute Gasteiger partial charge is 0.381 e. The fourth-order valence-electron chi connectivity index (χ4n) is 3.66. The summed E-state index contributed by atoms with van der Waals surface area (Å²) in [7, 11) is 3.71. The molecule has 1 aliphatic heterocycles. The Morgan fingerprint density at radius 1 is 1.31 bits per heavy atom. The monoisotopic (exact) mass is 397 g/mol. The Labute approximate surface area is 169 Å². The number of ether oxygens (including phenoxy) is 1. The quantitative estimate of drug-likeness (QED) is 0.685. The fraction of sp³-hybridized carbons (Fsp3) is 0.500. The van der Waals surface area contributed by atoms with Crippen LogP contribution in [0.2, 0.25) is 0 Å². The van der Waals surface area contributed by atoms with Crippen molar-refractivity contribution in [1.82, 2.24) is 29.2 Å². The van der Waals surface area contributed by atoms with Crippen molar-refractivity contribution in [2.24, 2.45) is 7.05 Å². The van der Waals surface area contributed by atoms with Crippen LogP contribution in [0.5, 0.6) is 0 Å². The van der Waals surface area contributed by atoms with Crippen molar-refractivity contribution < 1.29 is 9.53 Å². The number of imidazole rings is 1. The van der Waals surface area contributed by atoms with E-state index in [0.29, 0.717) is 12.1 Å². The van der Waals surface area contributed by atoms with E-state index in [2.05, 4.69) is 20.4 Å². The smallest absolute Gasteiger partial charge is 0.257 e. The number of aryl methyl sites for hydroxylation is 2. The van der Waals surface area contributed by atoms with Crippen molar-refractivity contribution in [3.63, 3.8) is 0 Å². The fourth-order valence-corrected chi connectivity index (χ4v) is 3.66. The number of nitrogens with zero attached hydrogens (tertiary/aromatic N) is 6. The zero-order valence-electron chi connectivity index (χ0n) is 17.1. The summed E-state index contributed by atoms with van der Waals surface area (Å²) in [4.78, 5) is 23.9. The van der Waals surface area contributed by atoms with Gasteiger partial charge in [0.2, 0.25) is 0 Å². The standard InChI is InChI=1S/C20H27N7O2/c1-4-27-19-15(12-23-27)18(24-14-5-9-29-10-6-14)16(11-22-19)20(28)26(3)13-17-21-7-8-25(17)2/h7-8,11-12,14H,4-6,9-10,13H2,1-3H3,(H,22,24). The van der Waals surface area contributed by atoms with Gasteiger partial charge in [0, 0.05) is 58.5 Å². The van der Waals surface area contributed by atoms with Crippen LogP contribution in [0.4, 0.5) is 5.69 Å². The number of carbonyl (C=O) groups excluding carboxylic acids is 1. The average molecular weight is 397 g/mol. The van der Waals surface area contributed by atoms with E-state index in [1.54, 1.807) is 30.5 Å². The molecule has 1 aliphatic rings. The second-order valence-corrected chi connectivity index (χ2v) is 7.39. The highest BCUT2D eigenvalue weighted by Gasteiger charge is 2.24. The first-order chi connectivity index (χ1) is 14.1. The van der Waals surface area contributed by atoms with Gasteiger partial charge >= 0.3 is 0 Å². The molecule has 3 aromatic rings. The summed E-state index contributed by atoms with van der Waals surface area (Å²) < 4.78 is 9.24. The first-order valence-electron chi connectivity index (χ1n) is 9.99. The van der Waals surface area contributed by atoms with Gasteiger partial charge in [-0.25, -0.2) is 14.6 Å². The van der Waals surface area contributed by atoms with Gasteiger partial charge in [-0.05, 0) is 19.8 Å². The Morgan fingerprint density at radius 2 is 2.10 bits per heavy atom. The number of amides is 1. The summed E-state index contributed by atoms with van der Waals surface area (Å²) in [6.45, 7) is 4.62. The summed E-state index contributed by atoms with van der Waals surface area (Å²) in [6.07, 6.45) is 8.88. The maximum absolute atomic E-state index is 13.3. The number of aromatic nitrogens is 5. The number of rotatable bonds is 6. The Morgan fingerprint density at radius 3 is 2.79 bits per heavy atom. The van der Waals surface area contributed by atoms with Crippen molar-refractivity contribution >= 4 is 22.6 Å². The molecule has 0 bridgehead atoms. The highest BCUT2D eigenvalue weighted by Crippen LogP contribution is 2.29. The summed E-state index contributed by atoms with van der Waals surface area (Å²) in [5.41, 5.74) is 2.14. The third-order valence-electron chi connectivity index (χ3n) is 5.41. The molecule has 0 unspecified atom stereocenters. The van der Waals surface area contributed by atoms with Crippen LogP contribution in [0.25, 0.3) is 11.0 Å². The maximum atomic E-state index is 13.3. The van der Waals surface area contributed by atoms with E-state index in [4.69, 9.17) is 4.74 Å². The highest BCUT2D eigenvalue weighted by molar-refractivity contribution is 6.06. The lowest BCUT2D eigenvalue weighted by Gasteiger charge is -2.26. The Hall–Kier alpha value is -2.94. The molecule has 0 radical (unpaired) electrons. The van der Waals surface area contributed by atoms with E-state index in [1.165, 1.54) is 0 Å². The minimum atomic E-state index is -0.0961. The topological polar surface area (TPSA) is 90.1 Å². The van der Waals surface area contributed by atoms with Crippen LogP contribution in [0.3, 0.4) is 0 Å². The second kappa shape index (κ2) is 8.20. The van der Waals surface area contributed by atoms with Crippen LogP contribution in [-0.2, 0) is 24.9 Å². The van der Waals surface area contributed by atoms with Gasteiger partial charge in [-0.2, -0.15) is 5.10 Å². The van der Waals surface area contributed by atoms with Gasteiger partial charge in [0.1, 0.15) is 5.82 Å².